The molecule has 6 aromatic rings. The maximum absolute atomic E-state index is 14.1. The Hall–Kier alpha value is -6.00. The van der Waals surface area contributed by atoms with Gasteiger partial charge in [-0.2, -0.15) is 5.10 Å². The van der Waals surface area contributed by atoms with Gasteiger partial charge in [0.15, 0.2) is 5.60 Å². The number of nitrogens with zero attached hydrogens (tertiary/aromatic N) is 4. The molecule has 0 radical (unpaired) electrons. The quantitative estimate of drug-likeness (QED) is 0.152. The molecule has 1 fully saturated rings. The molecule has 53 heavy (non-hydrogen) atoms. The molecule has 0 bridgehead atoms. The van der Waals surface area contributed by atoms with Crippen molar-refractivity contribution in [3.63, 3.8) is 0 Å². The Balaban J connectivity index is 1.39. The van der Waals surface area contributed by atoms with Crippen molar-refractivity contribution < 1.29 is 23.8 Å². The lowest BCUT2D eigenvalue weighted by molar-refractivity contribution is -0.136. The summed E-state index contributed by atoms with van der Waals surface area (Å²) >= 11 is 0. The zero-order valence-corrected chi connectivity index (χ0v) is 30.6. The third-order valence-corrected chi connectivity index (χ3v) is 9.74. The lowest BCUT2D eigenvalue weighted by Gasteiger charge is -2.37. The highest BCUT2D eigenvalue weighted by Crippen LogP contribution is 2.44. The van der Waals surface area contributed by atoms with Crippen molar-refractivity contribution in [1.29, 1.82) is 0 Å². The number of hydrogen-bond donors (Lipinski definition) is 1. The summed E-state index contributed by atoms with van der Waals surface area (Å²) in [6.45, 7) is 5.84. The second kappa shape index (κ2) is 14.2. The van der Waals surface area contributed by atoms with Crippen LogP contribution in [-0.2, 0) is 19.8 Å². The number of carbonyl (C=O) groups excluding carboxylic acids is 2. The van der Waals surface area contributed by atoms with Crippen LogP contribution in [0, 0.1) is 0 Å². The molecule has 0 saturated carbocycles. The Morgan fingerprint density at radius 3 is 1.94 bits per heavy atom. The van der Waals surface area contributed by atoms with E-state index in [1.54, 1.807) is 13.3 Å². The van der Waals surface area contributed by atoms with E-state index in [-0.39, 0.29) is 12.5 Å². The van der Waals surface area contributed by atoms with E-state index in [0.29, 0.717) is 30.2 Å². The molecule has 0 aliphatic carbocycles. The van der Waals surface area contributed by atoms with Crippen LogP contribution in [-0.4, -0.2) is 70.2 Å². The van der Waals surface area contributed by atoms with Crippen molar-refractivity contribution in [2.24, 2.45) is 0 Å². The first-order valence-electron chi connectivity index (χ1n) is 17.6. The van der Waals surface area contributed by atoms with E-state index in [2.05, 4.69) is 51.4 Å². The van der Waals surface area contributed by atoms with Crippen LogP contribution in [0.4, 0.5) is 10.5 Å². The molecule has 3 heterocycles. The van der Waals surface area contributed by atoms with Crippen molar-refractivity contribution >= 4 is 28.6 Å². The van der Waals surface area contributed by atoms with Crippen LogP contribution in [0.5, 0.6) is 5.88 Å². The van der Waals surface area contributed by atoms with Gasteiger partial charge in [0.25, 0.3) is 5.91 Å². The molecule has 7 rings (SSSR count). The Morgan fingerprint density at radius 1 is 0.792 bits per heavy atom. The van der Waals surface area contributed by atoms with Gasteiger partial charge in [-0.15, -0.1) is 0 Å². The number of anilines is 1. The Kier molecular flexibility index (Phi) is 9.48. The first kappa shape index (κ1) is 35.4. The topological polar surface area (TPSA) is 108 Å². The number of carbonyl (C=O) groups is 2. The molecule has 4 aromatic carbocycles. The third-order valence-electron chi connectivity index (χ3n) is 9.74. The molecule has 1 aliphatic heterocycles. The molecule has 270 valence electrons. The second-order valence-corrected chi connectivity index (χ2v) is 14.2. The molecule has 1 N–H and O–H groups in total. The van der Waals surface area contributed by atoms with Crippen molar-refractivity contribution in [2.75, 3.05) is 32.6 Å². The molecule has 1 atom stereocenters. The number of amides is 2. The number of likely N-dealkylation sites (tertiary alicyclic amines) is 1. The normalized spacial score (nSPS) is 16.1. The van der Waals surface area contributed by atoms with E-state index in [1.165, 1.54) is 12.0 Å². The molecule has 10 heteroatoms. The molecule has 10 nitrogen and oxygen atoms in total. The largest absolute Gasteiger partial charge is 0.481 e. The van der Waals surface area contributed by atoms with E-state index in [4.69, 9.17) is 19.3 Å². The van der Waals surface area contributed by atoms with Gasteiger partial charge in [0.2, 0.25) is 5.88 Å². The molecule has 0 spiro atoms. The summed E-state index contributed by atoms with van der Waals surface area (Å²) in [4.78, 5) is 32.8. The van der Waals surface area contributed by atoms with Crippen LogP contribution in [0.2, 0.25) is 0 Å². The number of methoxy groups -OCH3 is 2. The Morgan fingerprint density at radius 2 is 1.40 bits per heavy atom. The number of nitrogens with one attached hydrogen (secondary N) is 1. The van der Waals surface area contributed by atoms with Gasteiger partial charge in [-0.05, 0) is 61.7 Å². The summed E-state index contributed by atoms with van der Waals surface area (Å²) in [6, 6.07) is 40.6. The lowest BCUT2D eigenvalue weighted by Crippen LogP contribution is -2.48. The van der Waals surface area contributed by atoms with Crippen LogP contribution in [0.1, 0.15) is 43.9 Å². The third kappa shape index (κ3) is 6.62. The number of ether oxygens (including phenoxy) is 3. The average molecular weight is 710 g/mol. The Labute approximate surface area is 309 Å². The van der Waals surface area contributed by atoms with E-state index in [1.807, 2.05) is 106 Å². The highest BCUT2D eigenvalue weighted by Gasteiger charge is 2.48. The minimum atomic E-state index is -1.25. The highest BCUT2D eigenvalue weighted by molar-refractivity contribution is 6.02. The molecule has 0 unspecified atom stereocenters. The maximum Gasteiger partial charge on any atom is 0.410 e. The lowest BCUT2D eigenvalue weighted by atomic mass is 9.77. The standard InChI is InChI=1S/C43H43N5O5/c1-41(2,3)53-40(50)47-26-24-42(29-47,52-5)39(49)45-34-21-22-36-35(28-34)38(30-23-25-44-37(27-30)51-4)46-48(36)43(31-15-9-6-10-16-31,32-17-11-7-12-18-32)33-19-13-8-14-20-33/h6-23,25,27-28H,24,26,29H2,1-5H3,(H,45,49)/t42-/m0/s1. The minimum Gasteiger partial charge on any atom is -0.481 e. The molecule has 2 aromatic heterocycles. The van der Waals surface area contributed by atoms with Crippen molar-refractivity contribution in [3.05, 3.63) is 144 Å². The first-order valence-corrected chi connectivity index (χ1v) is 17.6. The van der Waals surface area contributed by atoms with E-state index in [0.717, 1.165) is 33.2 Å². The SMILES string of the molecule is COc1cc(-c2nn(C(c3ccccc3)(c3ccccc3)c3ccccc3)c3ccc(NC(=O)[C@]4(OC)CCN(C(=O)OC(C)(C)C)C4)cc23)ccn1. The second-order valence-electron chi connectivity index (χ2n) is 14.2. The van der Waals surface area contributed by atoms with Gasteiger partial charge >= 0.3 is 6.09 Å². The fraction of sp³-hybridized carbons (Fsp3) is 0.256. The molecule has 2 amide bonds. The summed E-state index contributed by atoms with van der Waals surface area (Å²) in [6.07, 6.45) is 1.54. The maximum atomic E-state index is 14.1. The van der Waals surface area contributed by atoms with Gasteiger partial charge in [0.1, 0.15) is 16.8 Å². The van der Waals surface area contributed by atoms with Gasteiger partial charge in [0, 0.05) is 49.0 Å². The fourth-order valence-corrected chi connectivity index (χ4v) is 7.19. The van der Waals surface area contributed by atoms with Crippen molar-refractivity contribution in [1.82, 2.24) is 19.7 Å². The Bertz CT molecular complexity index is 2140. The smallest absolute Gasteiger partial charge is 0.410 e. The number of aromatic nitrogens is 3. The van der Waals surface area contributed by atoms with Gasteiger partial charge in [0.05, 0.1) is 19.2 Å². The fourth-order valence-electron chi connectivity index (χ4n) is 7.19. The zero-order chi connectivity index (χ0) is 37.2. The van der Waals surface area contributed by atoms with Gasteiger partial charge in [-0.25, -0.2) is 14.5 Å². The summed E-state index contributed by atoms with van der Waals surface area (Å²) in [5.74, 6) is 0.102. The van der Waals surface area contributed by atoms with Gasteiger partial charge in [-0.3, -0.25) is 4.79 Å². The number of pyridine rings is 1. The number of benzene rings is 4. The average Bonchev–Trinajstić information content (AvgIpc) is 3.80. The van der Waals surface area contributed by atoms with E-state index in [9.17, 15) is 9.59 Å². The van der Waals surface area contributed by atoms with Gasteiger partial charge < -0.3 is 24.4 Å². The number of fused-ring (bicyclic) bond motifs is 1. The molecule has 1 saturated heterocycles. The van der Waals surface area contributed by atoms with Crippen LogP contribution >= 0.6 is 0 Å². The minimum absolute atomic E-state index is 0.0697. The van der Waals surface area contributed by atoms with Crippen LogP contribution in [0.15, 0.2) is 128 Å². The predicted octanol–water partition coefficient (Wildman–Crippen LogP) is 7.91. The monoisotopic (exact) mass is 709 g/mol. The summed E-state index contributed by atoms with van der Waals surface area (Å²) < 4.78 is 19.0. The summed E-state index contributed by atoms with van der Waals surface area (Å²) in [5, 5.41) is 9.37. The molecule has 1 aliphatic rings. The highest BCUT2D eigenvalue weighted by atomic mass is 16.6. The molecular formula is C43H43N5O5. The van der Waals surface area contributed by atoms with Crippen molar-refractivity contribution in [2.45, 2.75) is 43.9 Å². The van der Waals surface area contributed by atoms with Crippen LogP contribution in [0.25, 0.3) is 22.2 Å². The summed E-state index contributed by atoms with van der Waals surface area (Å²) in [5.41, 5.74) is 3.14. The number of hydrogen-bond acceptors (Lipinski definition) is 7. The zero-order valence-electron chi connectivity index (χ0n) is 30.6. The summed E-state index contributed by atoms with van der Waals surface area (Å²) in [7, 11) is 3.08. The van der Waals surface area contributed by atoms with E-state index < -0.39 is 22.8 Å². The van der Waals surface area contributed by atoms with Crippen LogP contribution in [0.3, 0.4) is 0 Å². The van der Waals surface area contributed by atoms with Gasteiger partial charge in [-0.1, -0.05) is 91.0 Å². The first-order chi connectivity index (χ1) is 25.6. The predicted molar refractivity (Wildman–Crippen MR) is 205 cm³/mol. The number of rotatable bonds is 9. The van der Waals surface area contributed by atoms with E-state index >= 15 is 0 Å². The van der Waals surface area contributed by atoms with Crippen molar-refractivity contribution in [3.8, 4) is 17.1 Å². The van der Waals surface area contributed by atoms with Crippen LogP contribution < -0.4 is 10.1 Å². The molecular weight excluding hydrogens is 667 g/mol.